The van der Waals surface area contributed by atoms with Crippen molar-refractivity contribution in [3.8, 4) is 0 Å². The van der Waals surface area contributed by atoms with Crippen molar-refractivity contribution in [2.24, 2.45) is 11.3 Å². The normalized spacial score (nSPS) is 50.0. The fourth-order valence-electron chi connectivity index (χ4n) is 6.14. The molecular formula is C24H32O9. The van der Waals surface area contributed by atoms with Crippen LogP contribution in [0.5, 0.6) is 0 Å². The lowest BCUT2D eigenvalue weighted by Gasteiger charge is -2.54. The average Bonchev–Trinajstić information content (AvgIpc) is 3.28. The first-order valence-corrected chi connectivity index (χ1v) is 11.2. The molecule has 2 N–H and O–H groups in total. The first-order valence-electron chi connectivity index (χ1n) is 11.2. The van der Waals surface area contributed by atoms with Gasteiger partial charge < -0.3 is 29.2 Å². The minimum Gasteiger partial charge on any atom is -0.462 e. The molecule has 182 valence electrons. The predicted molar refractivity (Wildman–Crippen MR) is 114 cm³/mol. The van der Waals surface area contributed by atoms with Crippen LogP contribution in [0, 0.1) is 11.3 Å². The summed E-state index contributed by atoms with van der Waals surface area (Å²) in [5.41, 5.74) is -4.81. The van der Waals surface area contributed by atoms with E-state index in [1.807, 2.05) is 6.92 Å². The Kier molecular flexibility index (Phi) is 5.35. The zero-order valence-electron chi connectivity index (χ0n) is 19.8. The van der Waals surface area contributed by atoms with Gasteiger partial charge in [-0.15, -0.1) is 0 Å². The van der Waals surface area contributed by atoms with Crippen LogP contribution >= 0.6 is 0 Å². The van der Waals surface area contributed by atoms with Crippen LogP contribution in [-0.4, -0.2) is 69.3 Å². The average molecular weight is 465 g/mol. The molecule has 0 saturated carbocycles. The Morgan fingerprint density at radius 1 is 1.15 bits per heavy atom. The lowest BCUT2D eigenvalue weighted by atomic mass is 9.55. The number of carbonyl (C=O) groups is 3. The molecular weight excluding hydrogens is 432 g/mol. The number of esters is 3. The minimum absolute atomic E-state index is 0.407. The van der Waals surface area contributed by atoms with E-state index in [1.54, 1.807) is 26.0 Å². The van der Waals surface area contributed by atoms with Gasteiger partial charge in [-0.2, -0.15) is 0 Å². The largest absolute Gasteiger partial charge is 0.462 e. The molecule has 9 atom stereocenters. The number of ether oxygens (including phenoxy) is 4. The van der Waals surface area contributed by atoms with E-state index in [1.165, 1.54) is 26.8 Å². The Balaban J connectivity index is 1.99. The molecule has 0 bridgehead atoms. The van der Waals surface area contributed by atoms with Crippen LogP contribution in [0.4, 0.5) is 0 Å². The van der Waals surface area contributed by atoms with Crippen molar-refractivity contribution in [2.45, 2.75) is 95.6 Å². The van der Waals surface area contributed by atoms with Crippen LogP contribution in [0.1, 0.15) is 54.4 Å². The van der Waals surface area contributed by atoms with E-state index in [2.05, 4.69) is 0 Å². The SMILES string of the molecule is CC(=O)OC1[C@H]2[C@@](C)(O)[C@H](O)C=C[C@]2(C)[C@@H](OC(C)=O)CC/C(C)=C\[C@@H]2OC(=O)[C@]3(C)O[C@]123. The molecule has 0 amide bonds. The van der Waals surface area contributed by atoms with Gasteiger partial charge in [-0.1, -0.05) is 24.6 Å². The lowest BCUT2D eigenvalue weighted by Crippen LogP contribution is -2.66. The highest BCUT2D eigenvalue weighted by atomic mass is 16.7. The summed E-state index contributed by atoms with van der Waals surface area (Å²) in [7, 11) is 0. The van der Waals surface area contributed by atoms with E-state index in [4.69, 9.17) is 18.9 Å². The molecule has 2 heterocycles. The molecule has 2 fully saturated rings. The summed E-state index contributed by atoms with van der Waals surface area (Å²) < 4.78 is 23.3. The van der Waals surface area contributed by atoms with Crippen molar-refractivity contribution in [1.29, 1.82) is 0 Å². The van der Waals surface area contributed by atoms with Crippen LogP contribution < -0.4 is 0 Å². The van der Waals surface area contributed by atoms with Gasteiger partial charge in [0.2, 0.25) is 0 Å². The fraction of sp³-hybridized carbons (Fsp3) is 0.708. The molecule has 0 aromatic carbocycles. The summed E-state index contributed by atoms with van der Waals surface area (Å²) in [6.07, 6.45) is 1.80. The van der Waals surface area contributed by atoms with Gasteiger partial charge in [0.25, 0.3) is 0 Å². The molecule has 9 nitrogen and oxygen atoms in total. The zero-order chi connectivity index (χ0) is 24.6. The molecule has 2 aliphatic heterocycles. The second kappa shape index (κ2) is 7.38. The zero-order valence-corrected chi connectivity index (χ0v) is 19.8. The molecule has 4 aliphatic rings. The number of aliphatic hydroxyl groups is 2. The van der Waals surface area contributed by atoms with E-state index in [9.17, 15) is 24.6 Å². The third kappa shape index (κ3) is 3.27. The third-order valence-electron chi connectivity index (χ3n) is 7.92. The molecule has 33 heavy (non-hydrogen) atoms. The smallest absolute Gasteiger partial charge is 0.342 e. The molecule has 1 unspecified atom stereocenters. The van der Waals surface area contributed by atoms with Crippen LogP contribution in [0.25, 0.3) is 0 Å². The number of epoxide rings is 1. The number of allylic oxidation sites excluding steroid dienone is 1. The Bertz CT molecular complexity index is 952. The number of rotatable bonds is 2. The highest BCUT2D eigenvalue weighted by Gasteiger charge is 2.87. The topological polar surface area (TPSA) is 132 Å². The van der Waals surface area contributed by atoms with E-state index in [0.717, 1.165) is 5.57 Å². The maximum Gasteiger partial charge on any atom is 0.342 e. The number of fused-ring (bicyclic) bond motifs is 1. The number of hydrogen-bond donors (Lipinski definition) is 2. The van der Waals surface area contributed by atoms with Crippen molar-refractivity contribution in [3.05, 3.63) is 23.8 Å². The van der Waals surface area contributed by atoms with Crippen molar-refractivity contribution in [3.63, 3.8) is 0 Å². The first kappa shape index (κ1) is 23.9. The second-order valence-electron chi connectivity index (χ2n) is 10.3. The Hall–Kier alpha value is -2.23. The lowest BCUT2D eigenvalue weighted by molar-refractivity contribution is -0.213. The van der Waals surface area contributed by atoms with Gasteiger partial charge in [-0.05, 0) is 39.7 Å². The Labute approximate surface area is 192 Å². The van der Waals surface area contributed by atoms with Gasteiger partial charge in [0.15, 0.2) is 17.3 Å². The van der Waals surface area contributed by atoms with Gasteiger partial charge in [-0.25, -0.2) is 4.79 Å². The summed E-state index contributed by atoms with van der Waals surface area (Å²) in [6.45, 7) is 9.23. The quantitative estimate of drug-likeness (QED) is 0.269. The highest BCUT2D eigenvalue weighted by molar-refractivity contribution is 5.89. The number of hydrogen-bond acceptors (Lipinski definition) is 9. The van der Waals surface area contributed by atoms with Crippen molar-refractivity contribution in [2.75, 3.05) is 0 Å². The summed E-state index contributed by atoms with van der Waals surface area (Å²) in [6, 6.07) is 0. The van der Waals surface area contributed by atoms with Gasteiger partial charge in [-0.3, -0.25) is 9.59 Å². The number of aliphatic hydroxyl groups excluding tert-OH is 1. The Morgan fingerprint density at radius 3 is 2.36 bits per heavy atom. The van der Waals surface area contributed by atoms with Gasteiger partial charge in [0, 0.05) is 25.2 Å². The standard InChI is InChI=1S/C24H32O9/c1-12-7-8-16(30-13(2)25)21(4)10-9-15(27)22(5,29)18(21)19(31-14(3)26)24-17(11-12)32-20(28)23(24,6)33-24/h9-11,15-19,27,29H,7-8H2,1-6H3/b12-11-/t15-,16+,17+,18-,19?,21-,22+,23+,24+/m1/s1. The molecule has 1 spiro atoms. The van der Waals surface area contributed by atoms with Crippen LogP contribution in [-0.2, 0) is 33.3 Å². The number of carbonyl (C=O) groups excluding carboxylic acids is 3. The molecule has 0 aromatic rings. The molecule has 0 aromatic heterocycles. The van der Waals surface area contributed by atoms with Crippen LogP contribution in [0.2, 0.25) is 0 Å². The van der Waals surface area contributed by atoms with E-state index < -0.39 is 70.5 Å². The maximum atomic E-state index is 12.8. The highest BCUT2D eigenvalue weighted by Crippen LogP contribution is 2.65. The maximum absolute atomic E-state index is 12.8. The summed E-state index contributed by atoms with van der Waals surface area (Å²) in [5.74, 6) is -2.74. The summed E-state index contributed by atoms with van der Waals surface area (Å²) >= 11 is 0. The molecule has 2 aliphatic carbocycles. The molecule has 4 rings (SSSR count). The molecule has 0 radical (unpaired) electrons. The Morgan fingerprint density at radius 2 is 1.79 bits per heavy atom. The van der Waals surface area contributed by atoms with Crippen LogP contribution in [0.3, 0.4) is 0 Å². The van der Waals surface area contributed by atoms with E-state index in [0.29, 0.717) is 12.8 Å². The second-order valence-corrected chi connectivity index (χ2v) is 10.3. The van der Waals surface area contributed by atoms with Gasteiger partial charge >= 0.3 is 17.9 Å². The summed E-state index contributed by atoms with van der Waals surface area (Å²) in [5, 5.41) is 22.4. The first-order chi connectivity index (χ1) is 15.2. The van der Waals surface area contributed by atoms with Crippen molar-refractivity contribution < 1.29 is 43.5 Å². The fourth-order valence-corrected chi connectivity index (χ4v) is 6.14. The van der Waals surface area contributed by atoms with Crippen molar-refractivity contribution in [1.82, 2.24) is 0 Å². The van der Waals surface area contributed by atoms with Gasteiger partial charge in [0.1, 0.15) is 18.3 Å². The van der Waals surface area contributed by atoms with E-state index >= 15 is 0 Å². The monoisotopic (exact) mass is 464 g/mol. The molecule has 9 heteroatoms. The third-order valence-corrected chi connectivity index (χ3v) is 7.92. The predicted octanol–water partition coefficient (Wildman–Crippen LogP) is 1.35. The van der Waals surface area contributed by atoms with Crippen LogP contribution in [0.15, 0.2) is 23.8 Å². The molecule has 2 saturated heterocycles. The minimum atomic E-state index is -1.82. The van der Waals surface area contributed by atoms with Gasteiger partial charge in [0.05, 0.1) is 5.60 Å². The summed E-state index contributed by atoms with van der Waals surface area (Å²) in [4.78, 5) is 37.2. The van der Waals surface area contributed by atoms with Crippen molar-refractivity contribution >= 4 is 17.9 Å². The van der Waals surface area contributed by atoms with E-state index in [-0.39, 0.29) is 0 Å².